The van der Waals surface area contributed by atoms with Crippen molar-refractivity contribution in [2.45, 2.75) is 0 Å². The Morgan fingerprint density at radius 3 is 2.62 bits per heavy atom. The van der Waals surface area contributed by atoms with Gasteiger partial charge in [0, 0.05) is 12.3 Å². The predicted octanol–water partition coefficient (Wildman–Crippen LogP) is 2.63. The van der Waals surface area contributed by atoms with Crippen LogP contribution < -0.4 is 5.73 Å². The molecule has 7 nitrogen and oxygen atoms in total. The van der Waals surface area contributed by atoms with Crippen molar-refractivity contribution in [3.63, 3.8) is 0 Å². The van der Waals surface area contributed by atoms with E-state index in [1.54, 1.807) is 36.5 Å². The van der Waals surface area contributed by atoms with Gasteiger partial charge in [-0.25, -0.2) is 0 Å². The summed E-state index contributed by atoms with van der Waals surface area (Å²) in [5.41, 5.74) is 7.95. The minimum absolute atomic E-state index is 0.0154. The minimum Gasteiger partial charge on any atom is -0.382 e. The molecule has 0 saturated heterocycles. The first-order chi connectivity index (χ1) is 10.2. The summed E-state index contributed by atoms with van der Waals surface area (Å²) in [6.07, 6.45) is 1.63. The van der Waals surface area contributed by atoms with E-state index in [-0.39, 0.29) is 11.5 Å². The number of hydrogen-bond donors (Lipinski definition) is 2. The van der Waals surface area contributed by atoms with E-state index in [0.29, 0.717) is 22.5 Å². The molecule has 0 saturated carbocycles. The second-order valence-corrected chi connectivity index (χ2v) is 4.35. The number of nitrogens with zero attached hydrogens (tertiary/aromatic N) is 3. The van der Waals surface area contributed by atoms with E-state index in [4.69, 9.17) is 5.73 Å². The Morgan fingerprint density at radius 1 is 1.14 bits per heavy atom. The number of H-pyrrole nitrogens is 1. The zero-order valence-electron chi connectivity index (χ0n) is 10.9. The number of rotatable bonds is 3. The van der Waals surface area contributed by atoms with Crippen molar-refractivity contribution in [2.75, 3.05) is 5.73 Å². The summed E-state index contributed by atoms with van der Waals surface area (Å²) >= 11 is 0. The molecule has 0 aliphatic rings. The summed E-state index contributed by atoms with van der Waals surface area (Å²) in [7, 11) is 0. The van der Waals surface area contributed by atoms with E-state index >= 15 is 0 Å². The molecule has 2 aromatic heterocycles. The summed E-state index contributed by atoms with van der Waals surface area (Å²) < 4.78 is 0. The normalized spacial score (nSPS) is 10.5. The van der Waals surface area contributed by atoms with E-state index in [1.807, 2.05) is 6.07 Å². The number of pyridine rings is 1. The van der Waals surface area contributed by atoms with Gasteiger partial charge in [-0.15, -0.1) is 0 Å². The standard InChI is InChI=1S/C14H11N5O2/c15-14-12(10-6-3-4-8-16-10)13(17-18-14)9-5-1-2-7-11(9)19(20)21/h1-8H,(H3,15,17,18). The van der Waals surface area contributed by atoms with Gasteiger partial charge in [0.05, 0.1) is 27.4 Å². The highest BCUT2D eigenvalue weighted by Gasteiger charge is 2.22. The van der Waals surface area contributed by atoms with Crippen LogP contribution in [0, 0.1) is 10.1 Å². The molecule has 21 heavy (non-hydrogen) atoms. The SMILES string of the molecule is Nc1n[nH]c(-c2ccccc2[N+](=O)[O-])c1-c1ccccn1. The first-order valence-corrected chi connectivity index (χ1v) is 6.17. The highest BCUT2D eigenvalue weighted by molar-refractivity contribution is 5.89. The van der Waals surface area contributed by atoms with Crippen LogP contribution in [0.4, 0.5) is 11.5 Å². The average molecular weight is 281 g/mol. The maximum absolute atomic E-state index is 11.2. The minimum atomic E-state index is -0.436. The van der Waals surface area contributed by atoms with E-state index < -0.39 is 4.92 Å². The van der Waals surface area contributed by atoms with Crippen molar-refractivity contribution in [3.05, 3.63) is 58.8 Å². The number of anilines is 1. The van der Waals surface area contributed by atoms with Crippen LogP contribution in [0.3, 0.4) is 0 Å². The zero-order valence-corrected chi connectivity index (χ0v) is 10.9. The molecule has 104 valence electrons. The van der Waals surface area contributed by atoms with Gasteiger partial charge in [0.25, 0.3) is 5.69 Å². The van der Waals surface area contributed by atoms with E-state index in [0.717, 1.165) is 0 Å². The van der Waals surface area contributed by atoms with E-state index in [1.165, 1.54) is 6.07 Å². The molecule has 0 spiro atoms. The Kier molecular flexibility index (Phi) is 3.07. The lowest BCUT2D eigenvalue weighted by molar-refractivity contribution is -0.384. The summed E-state index contributed by atoms with van der Waals surface area (Å²) in [5, 5.41) is 17.9. The number of benzene rings is 1. The van der Waals surface area contributed by atoms with Gasteiger partial charge in [-0.2, -0.15) is 5.10 Å². The molecule has 1 aromatic carbocycles. The number of aromatic nitrogens is 3. The highest BCUT2D eigenvalue weighted by Crippen LogP contribution is 2.37. The number of nitrogens with one attached hydrogen (secondary N) is 1. The monoisotopic (exact) mass is 281 g/mol. The first kappa shape index (κ1) is 12.8. The van der Waals surface area contributed by atoms with Gasteiger partial charge < -0.3 is 5.73 Å². The lowest BCUT2D eigenvalue weighted by atomic mass is 10.0. The Labute approximate surface area is 119 Å². The third-order valence-corrected chi connectivity index (χ3v) is 3.09. The molecule has 0 radical (unpaired) electrons. The second-order valence-electron chi connectivity index (χ2n) is 4.35. The fourth-order valence-electron chi connectivity index (χ4n) is 2.17. The molecule has 0 aliphatic heterocycles. The number of nitrogen functional groups attached to an aromatic ring is 1. The molecule has 0 unspecified atom stereocenters. The second kappa shape index (κ2) is 5.04. The van der Waals surface area contributed by atoms with Gasteiger partial charge in [-0.05, 0) is 18.2 Å². The van der Waals surface area contributed by atoms with Crippen LogP contribution >= 0.6 is 0 Å². The van der Waals surface area contributed by atoms with Crippen LogP contribution in [0.15, 0.2) is 48.7 Å². The van der Waals surface area contributed by atoms with Gasteiger partial charge in [0.1, 0.15) is 0 Å². The van der Waals surface area contributed by atoms with Crippen molar-refractivity contribution in [1.82, 2.24) is 15.2 Å². The lowest BCUT2D eigenvalue weighted by Crippen LogP contribution is -1.94. The Balaban J connectivity index is 2.25. The molecular formula is C14H11N5O2. The maximum Gasteiger partial charge on any atom is 0.278 e. The third kappa shape index (κ3) is 2.20. The molecule has 0 bridgehead atoms. The summed E-state index contributed by atoms with van der Waals surface area (Å²) in [4.78, 5) is 15.0. The molecular weight excluding hydrogens is 270 g/mol. The quantitative estimate of drug-likeness (QED) is 0.566. The smallest absolute Gasteiger partial charge is 0.278 e. The van der Waals surface area contributed by atoms with Crippen molar-refractivity contribution in [3.8, 4) is 22.5 Å². The summed E-state index contributed by atoms with van der Waals surface area (Å²) in [5.74, 6) is 0.252. The van der Waals surface area contributed by atoms with Crippen LogP contribution in [-0.4, -0.2) is 20.1 Å². The summed E-state index contributed by atoms with van der Waals surface area (Å²) in [6, 6.07) is 11.8. The van der Waals surface area contributed by atoms with Gasteiger partial charge in [-0.3, -0.25) is 20.2 Å². The number of aromatic amines is 1. The van der Waals surface area contributed by atoms with Gasteiger partial charge in [-0.1, -0.05) is 18.2 Å². The number of para-hydroxylation sites is 1. The van der Waals surface area contributed by atoms with Crippen molar-refractivity contribution >= 4 is 11.5 Å². The van der Waals surface area contributed by atoms with Crippen LogP contribution in [0.5, 0.6) is 0 Å². The topological polar surface area (TPSA) is 111 Å². The predicted molar refractivity (Wildman–Crippen MR) is 78.3 cm³/mol. The largest absolute Gasteiger partial charge is 0.382 e. The van der Waals surface area contributed by atoms with Crippen LogP contribution in [-0.2, 0) is 0 Å². The van der Waals surface area contributed by atoms with Crippen molar-refractivity contribution in [2.24, 2.45) is 0 Å². The molecule has 3 aromatic rings. The lowest BCUT2D eigenvalue weighted by Gasteiger charge is -2.04. The number of nitrogens with two attached hydrogens (primary N) is 1. The molecule has 3 N–H and O–H groups in total. The van der Waals surface area contributed by atoms with Crippen LogP contribution in [0.25, 0.3) is 22.5 Å². The summed E-state index contributed by atoms with van der Waals surface area (Å²) in [6.45, 7) is 0. The number of nitro benzene ring substituents is 1. The molecule has 3 rings (SSSR count). The van der Waals surface area contributed by atoms with Gasteiger partial charge in [0.2, 0.25) is 0 Å². The number of nitro groups is 1. The van der Waals surface area contributed by atoms with Crippen molar-refractivity contribution < 1.29 is 4.92 Å². The average Bonchev–Trinajstić information content (AvgIpc) is 2.89. The number of hydrogen-bond acceptors (Lipinski definition) is 5. The fourth-order valence-corrected chi connectivity index (χ4v) is 2.17. The molecule has 0 atom stereocenters. The van der Waals surface area contributed by atoms with Crippen LogP contribution in [0.2, 0.25) is 0 Å². The maximum atomic E-state index is 11.2. The fraction of sp³-hybridized carbons (Fsp3) is 0. The highest BCUT2D eigenvalue weighted by atomic mass is 16.6. The molecule has 0 amide bonds. The third-order valence-electron chi connectivity index (χ3n) is 3.09. The zero-order chi connectivity index (χ0) is 14.8. The molecule has 7 heteroatoms. The first-order valence-electron chi connectivity index (χ1n) is 6.17. The molecule has 0 aliphatic carbocycles. The Bertz CT molecular complexity index is 798. The molecule has 0 fully saturated rings. The Morgan fingerprint density at radius 2 is 1.90 bits per heavy atom. The Hall–Kier alpha value is -3.22. The molecule has 2 heterocycles. The van der Waals surface area contributed by atoms with Gasteiger partial charge in [0.15, 0.2) is 5.82 Å². The van der Waals surface area contributed by atoms with Crippen molar-refractivity contribution in [1.29, 1.82) is 0 Å². The van der Waals surface area contributed by atoms with Crippen LogP contribution in [0.1, 0.15) is 0 Å². The van der Waals surface area contributed by atoms with Gasteiger partial charge >= 0.3 is 0 Å². The van der Waals surface area contributed by atoms with E-state index in [9.17, 15) is 10.1 Å². The van der Waals surface area contributed by atoms with E-state index in [2.05, 4.69) is 15.2 Å².